The number of benzene rings is 2. The average molecular weight is 503 g/mol. The highest BCUT2D eigenvalue weighted by atomic mass is 19.4. The number of primary amides is 1. The summed E-state index contributed by atoms with van der Waals surface area (Å²) in [6, 6.07) is 11.3. The number of nitrogens with two attached hydrogens (primary N) is 1. The Bertz CT molecular complexity index is 1120. The van der Waals surface area contributed by atoms with E-state index in [0.717, 1.165) is 38.3 Å². The third-order valence-corrected chi connectivity index (χ3v) is 7.61. The van der Waals surface area contributed by atoms with Gasteiger partial charge in [0.2, 0.25) is 11.8 Å². The molecule has 2 fully saturated rings. The van der Waals surface area contributed by atoms with Gasteiger partial charge in [0, 0.05) is 45.0 Å². The summed E-state index contributed by atoms with van der Waals surface area (Å²) in [7, 11) is 0. The monoisotopic (exact) mass is 502 g/mol. The number of carbonyl (C=O) groups is 2. The Hall–Kier alpha value is -3.07. The summed E-state index contributed by atoms with van der Waals surface area (Å²) in [5.74, 6) is -0.687. The summed E-state index contributed by atoms with van der Waals surface area (Å²) in [6.07, 6.45) is -4.10. The first-order valence-corrected chi connectivity index (χ1v) is 12.3. The topological polar surface area (TPSA) is 69.9 Å². The molecule has 2 aromatic rings. The van der Waals surface area contributed by atoms with Crippen LogP contribution >= 0.6 is 0 Å². The van der Waals surface area contributed by atoms with Crippen LogP contribution in [0.25, 0.3) is 0 Å². The van der Waals surface area contributed by atoms with E-state index in [1.54, 1.807) is 4.90 Å². The van der Waals surface area contributed by atoms with Crippen LogP contribution in [0.15, 0.2) is 42.5 Å². The maximum Gasteiger partial charge on any atom is 0.416 e. The fourth-order valence-electron chi connectivity index (χ4n) is 5.41. The third kappa shape index (κ3) is 5.36. The fourth-order valence-corrected chi connectivity index (χ4v) is 5.41. The molecule has 0 atom stereocenters. The van der Waals surface area contributed by atoms with E-state index in [1.807, 2.05) is 0 Å². The van der Waals surface area contributed by atoms with Gasteiger partial charge in [-0.2, -0.15) is 13.2 Å². The van der Waals surface area contributed by atoms with Crippen molar-refractivity contribution in [3.8, 4) is 0 Å². The van der Waals surface area contributed by atoms with E-state index >= 15 is 0 Å². The van der Waals surface area contributed by atoms with Crippen LogP contribution in [0.3, 0.4) is 0 Å². The van der Waals surface area contributed by atoms with Gasteiger partial charge in [0.1, 0.15) is 0 Å². The van der Waals surface area contributed by atoms with Crippen molar-refractivity contribution in [1.82, 2.24) is 9.80 Å². The zero-order valence-electron chi connectivity index (χ0n) is 20.8. The van der Waals surface area contributed by atoms with E-state index < -0.39 is 23.1 Å². The van der Waals surface area contributed by atoms with Crippen LogP contribution in [0.1, 0.15) is 35.1 Å². The molecule has 2 amide bonds. The maximum atomic E-state index is 13.2. The van der Waals surface area contributed by atoms with Crippen LogP contribution in [0, 0.1) is 13.8 Å². The Morgan fingerprint density at radius 2 is 1.61 bits per heavy atom. The lowest BCUT2D eigenvalue weighted by Crippen LogP contribution is -2.54. The summed E-state index contributed by atoms with van der Waals surface area (Å²) < 4.78 is 39.7. The average Bonchev–Trinajstić information content (AvgIpc) is 2.84. The Kier molecular flexibility index (Phi) is 7.31. The van der Waals surface area contributed by atoms with Crippen LogP contribution in [0.4, 0.5) is 18.9 Å². The second-order valence-corrected chi connectivity index (χ2v) is 9.96. The number of carbonyl (C=O) groups excluding carboxylic acids is 2. The first-order chi connectivity index (χ1) is 17.0. The predicted molar refractivity (Wildman–Crippen MR) is 133 cm³/mol. The molecule has 0 unspecified atom stereocenters. The summed E-state index contributed by atoms with van der Waals surface area (Å²) in [4.78, 5) is 31.6. The smallest absolute Gasteiger partial charge is 0.369 e. The van der Waals surface area contributed by atoms with Gasteiger partial charge < -0.3 is 15.5 Å². The number of hydrogen-bond acceptors (Lipinski definition) is 4. The largest absolute Gasteiger partial charge is 0.416 e. The summed E-state index contributed by atoms with van der Waals surface area (Å²) >= 11 is 0. The van der Waals surface area contributed by atoms with Gasteiger partial charge in [-0.05, 0) is 49.9 Å². The molecule has 2 heterocycles. The van der Waals surface area contributed by atoms with Crippen LogP contribution in [-0.4, -0.2) is 67.4 Å². The van der Waals surface area contributed by atoms with Crippen molar-refractivity contribution >= 4 is 17.5 Å². The molecule has 4 rings (SSSR count). The lowest BCUT2D eigenvalue weighted by Gasteiger charge is -2.41. The van der Waals surface area contributed by atoms with Crippen molar-refractivity contribution in [2.75, 3.05) is 50.7 Å². The van der Waals surface area contributed by atoms with Gasteiger partial charge in [-0.25, -0.2) is 0 Å². The van der Waals surface area contributed by atoms with Crippen LogP contribution in [-0.2, 0) is 21.2 Å². The second kappa shape index (κ2) is 10.1. The van der Waals surface area contributed by atoms with Crippen molar-refractivity contribution in [3.05, 3.63) is 64.7 Å². The molecule has 0 aromatic heterocycles. The molecule has 194 valence electrons. The standard InChI is InChI=1S/C27H33F3N4O2/c1-19-6-7-23(20(2)16-19)33-14-12-32(13-15-33)18-24(35)34-10-8-26(9-11-34,25(31)36)21-4-3-5-22(17-21)27(28,29)30/h3-7,16-17H,8-15,18H2,1-2H3,(H2,31,36). The highest BCUT2D eigenvalue weighted by Crippen LogP contribution is 2.38. The molecule has 6 nitrogen and oxygen atoms in total. The molecule has 2 N–H and O–H groups in total. The van der Waals surface area contributed by atoms with Gasteiger partial charge in [-0.1, -0.05) is 35.9 Å². The summed E-state index contributed by atoms with van der Waals surface area (Å²) in [5.41, 5.74) is 7.65. The summed E-state index contributed by atoms with van der Waals surface area (Å²) in [6.45, 7) is 8.22. The molecule has 9 heteroatoms. The molecule has 36 heavy (non-hydrogen) atoms. The number of alkyl halides is 3. The van der Waals surface area contributed by atoms with Crippen LogP contribution in [0.2, 0.25) is 0 Å². The Balaban J connectivity index is 1.35. The van der Waals surface area contributed by atoms with E-state index in [4.69, 9.17) is 5.73 Å². The highest BCUT2D eigenvalue weighted by molar-refractivity contribution is 5.87. The van der Waals surface area contributed by atoms with E-state index in [0.29, 0.717) is 0 Å². The van der Waals surface area contributed by atoms with E-state index in [1.165, 1.54) is 28.9 Å². The number of rotatable bonds is 5. The van der Waals surface area contributed by atoms with Crippen molar-refractivity contribution in [1.29, 1.82) is 0 Å². The molecule has 2 aliphatic rings. The zero-order valence-corrected chi connectivity index (χ0v) is 20.8. The number of anilines is 1. The number of hydrogen-bond donors (Lipinski definition) is 1. The second-order valence-electron chi connectivity index (χ2n) is 9.96. The molecule has 2 aromatic carbocycles. The van der Waals surface area contributed by atoms with Crippen molar-refractivity contribution in [3.63, 3.8) is 0 Å². The van der Waals surface area contributed by atoms with E-state index in [-0.39, 0.29) is 43.9 Å². The van der Waals surface area contributed by atoms with Crippen LogP contribution in [0.5, 0.6) is 0 Å². The van der Waals surface area contributed by atoms with E-state index in [9.17, 15) is 22.8 Å². The normalized spacial score (nSPS) is 18.8. The number of likely N-dealkylation sites (tertiary alicyclic amines) is 1. The van der Waals surface area contributed by atoms with Crippen molar-refractivity contribution in [2.24, 2.45) is 5.73 Å². The summed E-state index contributed by atoms with van der Waals surface area (Å²) in [5, 5.41) is 0. The third-order valence-electron chi connectivity index (χ3n) is 7.61. The predicted octanol–water partition coefficient (Wildman–Crippen LogP) is 3.49. The van der Waals surface area contributed by atoms with Gasteiger partial charge in [0.15, 0.2) is 0 Å². The van der Waals surface area contributed by atoms with Crippen LogP contribution < -0.4 is 10.6 Å². The minimum atomic E-state index is -4.51. The zero-order chi connectivity index (χ0) is 26.1. The minimum absolute atomic E-state index is 0.0305. The van der Waals surface area contributed by atoms with Gasteiger partial charge in [0.25, 0.3) is 0 Å². The molecule has 2 saturated heterocycles. The number of nitrogens with zero attached hydrogens (tertiary/aromatic N) is 3. The number of piperidine rings is 1. The highest BCUT2D eigenvalue weighted by Gasteiger charge is 2.43. The molecule has 2 aliphatic heterocycles. The number of amides is 2. The molecule has 0 radical (unpaired) electrons. The first-order valence-electron chi connectivity index (χ1n) is 12.3. The fraction of sp³-hybridized carbons (Fsp3) is 0.481. The van der Waals surface area contributed by atoms with Gasteiger partial charge in [-0.3, -0.25) is 14.5 Å². The molecule has 0 bridgehead atoms. The Morgan fingerprint density at radius 1 is 0.944 bits per heavy atom. The SMILES string of the molecule is Cc1ccc(N2CCN(CC(=O)N3CCC(C(N)=O)(c4cccc(C(F)(F)F)c4)CC3)CC2)c(C)c1. The van der Waals surface area contributed by atoms with Gasteiger partial charge >= 0.3 is 6.18 Å². The number of piperazine rings is 1. The number of halogens is 3. The molecule has 0 aliphatic carbocycles. The lowest BCUT2D eigenvalue weighted by molar-refractivity contribution is -0.138. The van der Waals surface area contributed by atoms with Crippen molar-refractivity contribution < 1.29 is 22.8 Å². The van der Waals surface area contributed by atoms with E-state index in [2.05, 4.69) is 41.8 Å². The Labute approximate surface area is 209 Å². The molecule has 0 saturated carbocycles. The Morgan fingerprint density at radius 3 is 2.19 bits per heavy atom. The van der Waals surface area contributed by atoms with Gasteiger partial charge in [0.05, 0.1) is 17.5 Å². The molecular weight excluding hydrogens is 469 g/mol. The van der Waals surface area contributed by atoms with Gasteiger partial charge in [-0.15, -0.1) is 0 Å². The number of aryl methyl sites for hydroxylation is 2. The maximum absolute atomic E-state index is 13.2. The first kappa shape index (κ1) is 26.0. The molecule has 0 spiro atoms. The van der Waals surface area contributed by atoms with Crippen molar-refractivity contribution in [2.45, 2.75) is 38.3 Å². The quantitative estimate of drug-likeness (QED) is 0.680. The molecular formula is C27H33F3N4O2. The lowest BCUT2D eigenvalue weighted by atomic mass is 9.71. The minimum Gasteiger partial charge on any atom is -0.369 e.